The molecule has 3 heterocycles. The van der Waals surface area contributed by atoms with E-state index in [-0.39, 0.29) is 24.0 Å². The molecule has 4 rings (SSSR count). The van der Waals surface area contributed by atoms with Crippen molar-refractivity contribution in [1.82, 2.24) is 25.2 Å². The number of guanidine groups is 1. The van der Waals surface area contributed by atoms with Crippen LogP contribution < -0.4 is 15.5 Å². The second-order valence-electron chi connectivity index (χ2n) is 7.37. The van der Waals surface area contributed by atoms with E-state index in [0.29, 0.717) is 17.6 Å². The van der Waals surface area contributed by atoms with Gasteiger partial charge in [-0.2, -0.15) is 0 Å². The summed E-state index contributed by atoms with van der Waals surface area (Å²) in [7, 11) is 1.80. The van der Waals surface area contributed by atoms with Crippen LogP contribution in [0.4, 0.5) is 5.82 Å². The maximum Gasteiger partial charge on any atom is 0.191 e. The van der Waals surface area contributed by atoms with Gasteiger partial charge in [0.1, 0.15) is 5.82 Å². The predicted molar refractivity (Wildman–Crippen MR) is 136 cm³/mol. The van der Waals surface area contributed by atoms with Crippen LogP contribution in [0.2, 0.25) is 5.02 Å². The monoisotopic (exact) mass is 551 g/mol. The van der Waals surface area contributed by atoms with Gasteiger partial charge in [0.15, 0.2) is 5.96 Å². The van der Waals surface area contributed by atoms with E-state index in [0.717, 1.165) is 37.8 Å². The Balaban J connectivity index is 0.00000272. The SMILES string of the molecule is CN=C(NCc1cccc(Cn2ccnc2)c1)NC1CCN(c2ncccc2Cl)C1.I. The third kappa shape index (κ3) is 6.33. The van der Waals surface area contributed by atoms with Crippen LogP contribution in [-0.4, -0.2) is 46.7 Å². The highest BCUT2D eigenvalue weighted by Crippen LogP contribution is 2.25. The summed E-state index contributed by atoms with van der Waals surface area (Å²) in [6.45, 7) is 3.29. The first-order chi connectivity index (χ1) is 14.7. The Morgan fingerprint density at radius 2 is 2.10 bits per heavy atom. The highest BCUT2D eigenvalue weighted by atomic mass is 127. The van der Waals surface area contributed by atoms with Gasteiger partial charge >= 0.3 is 0 Å². The number of imidazole rings is 1. The summed E-state index contributed by atoms with van der Waals surface area (Å²) in [5.74, 6) is 1.65. The zero-order chi connectivity index (χ0) is 20.8. The molecule has 0 spiro atoms. The van der Waals surface area contributed by atoms with E-state index in [1.807, 2.05) is 24.7 Å². The van der Waals surface area contributed by atoms with Crippen molar-refractivity contribution >= 4 is 47.4 Å². The number of nitrogens with one attached hydrogen (secondary N) is 2. The first-order valence-electron chi connectivity index (χ1n) is 10.1. The number of halogens is 2. The van der Waals surface area contributed by atoms with Gasteiger partial charge < -0.3 is 20.1 Å². The normalized spacial score (nSPS) is 16.1. The zero-order valence-electron chi connectivity index (χ0n) is 17.4. The minimum absolute atomic E-state index is 0. The molecule has 2 aromatic heterocycles. The van der Waals surface area contributed by atoms with E-state index in [1.54, 1.807) is 19.4 Å². The molecule has 164 valence electrons. The van der Waals surface area contributed by atoms with Crippen LogP contribution in [0, 0.1) is 0 Å². The van der Waals surface area contributed by atoms with Gasteiger partial charge in [-0.15, -0.1) is 24.0 Å². The molecule has 1 aliphatic rings. The van der Waals surface area contributed by atoms with Crippen molar-refractivity contribution in [3.8, 4) is 0 Å². The molecule has 1 fully saturated rings. The minimum Gasteiger partial charge on any atom is -0.353 e. The van der Waals surface area contributed by atoms with Gasteiger partial charge in [0, 0.05) is 57.9 Å². The van der Waals surface area contributed by atoms with Gasteiger partial charge in [0.05, 0.1) is 11.3 Å². The fourth-order valence-corrected chi connectivity index (χ4v) is 3.92. The smallest absolute Gasteiger partial charge is 0.191 e. The average molecular weight is 552 g/mol. The summed E-state index contributed by atoms with van der Waals surface area (Å²) in [5.41, 5.74) is 2.46. The minimum atomic E-state index is 0. The summed E-state index contributed by atoms with van der Waals surface area (Å²) in [5, 5.41) is 7.64. The number of pyridine rings is 1. The zero-order valence-corrected chi connectivity index (χ0v) is 20.5. The molecule has 1 atom stereocenters. The number of aromatic nitrogens is 3. The Morgan fingerprint density at radius 1 is 1.23 bits per heavy atom. The molecule has 0 saturated carbocycles. The molecule has 0 aliphatic carbocycles. The van der Waals surface area contributed by atoms with Crippen LogP contribution in [0.1, 0.15) is 17.5 Å². The first-order valence-corrected chi connectivity index (χ1v) is 10.5. The average Bonchev–Trinajstić information content (AvgIpc) is 3.44. The van der Waals surface area contributed by atoms with Gasteiger partial charge in [-0.05, 0) is 29.7 Å². The molecule has 0 radical (unpaired) electrons. The Bertz CT molecular complexity index is 993. The van der Waals surface area contributed by atoms with Gasteiger partial charge in [-0.3, -0.25) is 4.99 Å². The first kappa shape index (κ1) is 23.3. The predicted octanol–water partition coefficient (Wildman–Crippen LogP) is 3.54. The van der Waals surface area contributed by atoms with Gasteiger partial charge in [-0.1, -0.05) is 35.9 Å². The third-order valence-electron chi connectivity index (χ3n) is 5.17. The second kappa shape index (κ2) is 11.3. The Morgan fingerprint density at radius 3 is 2.87 bits per heavy atom. The fraction of sp³-hybridized carbons (Fsp3) is 0.318. The maximum atomic E-state index is 6.29. The molecule has 3 aromatic rings. The molecular weight excluding hydrogens is 525 g/mol. The lowest BCUT2D eigenvalue weighted by molar-refractivity contribution is 0.648. The summed E-state index contributed by atoms with van der Waals surface area (Å²) in [4.78, 5) is 15.1. The van der Waals surface area contributed by atoms with E-state index in [4.69, 9.17) is 11.6 Å². The molecular formula is C22H27ClIN7. The molecule has 1 aliphatic heterocycles. The molecule has 1 saturated heterocycles. The van der Waals surface area contributed by atoms with E-state index in [9.17, 15) is 0 Å². The number of hydrogen-bond acceptors (Lipinski definition) is 4. The maximum absolute atomic E-state index is 6.29. The van der Waals surface area contributed by atoms with Crippen LogP contribution in [0.25, 0.3) is 0 Å². The van der Waals surface area contributed by atoms with Crippen molar-refractivity contribution in [2.24, 2.45) is 4.99 Å². The summed E-state index contributed by atoms with van der Waals surface area (Å²) >= 11 is 6.29. The number of hydrogen-bond donors (Lipinski definition) is 2. The van der Waals surface area contributed by atoms with E-state index in [1.165, 1.54) is 11.1 Å². The number of anilines is 1. The highest BCUT2D eigenvalue weighted by molar-refractivity contribution is 14.0. The van der Waals surface area contributed by atoms with Crippen LogP contribution in [0.15, 0.2) is 66.3 Å². The second-order valence-corrected chi connectivity index (χ2v) is 7.77. The fourth-order valence-electron chi connectivity index (χ4n) is 3.68. The molecule has 7 nitrogen and oxygen atoms in total. The lowest BCUT2D eigenvalue weighted by Crippen LogP contribution is -2.44. The molecule has 0 amide bonds. The van der Waals surface area contributed by atoms with Crippen molar-refractivity contribution in [3.05, 3.63) is 77.5 Å². The summed E-state index contributed by atoms with van der Waals surface area (Å²) in [6.07, 6.45) is 8.39. The van der Waals surface area contributed by atoms with Crippen LogP contribution >= 0.6 is 35.6 Å². The largest absolute Gasteiger partial charge is 0.353 e. The van der Waals surface area contributed by atoms with E-state index < -0.39 is 0 Å². The van der Waals surface area contributed by atoms with Crippen LogP contribution in [-0.2, 0) is 13.1 Å². The van der Waals surface area contributed by atoms with Crippen molar-refractivity contribution in [2.75, 3.05) is 25.0 Å². The molecule has 9 heteroatoms. The lowest BCUT2D eigenvalue weighted by atomic mass is 10.1. The van der Waals surface area contributed by atoms with E-state index in [2.05, 4.69) is 59.3 Å². The number of rotatable bonds is 6. The molecule has 2 N–H and O–H groups in total. The number of benzene rings is 1. The number of nitrogens with zero attached hydrogens (tertiary/aromatic N) is 5. The standard InChI is InChI=1S/C22H26ClN7.HI/c1-24-22(28-19-7-10-30(15-19)21-20(23)6-3-8-26-21)27-13-17-4-2-5-18(12-17)14-29-11-9-25-16-29;/h2-6,8-9,11-12,16,19H,7,10,13-15H2,1H3,(H2,24,27,28);1H. The molecule has 1 aromatic carbocycles. The van der Waals surface area contributed by atoms with E-state index >= 15 is 0 Å². The van der Waals surface area contributed by atoms with Gasteiger partial charge in [0.2, 0.25) is 0 Å². The Labute approximate surface area is 205 Å². The Kier molecular flexibility index (Phi) is 8.53. The molecule has 0 bridgehead atoms. The van der Waals surface area contributed by atoms with Crippen LogP contribution in [0.5, 0.6) is 0 Å². The lowest BCUT2D eigenvalue weighted by Gasteiger charge is -2.20. The van der Waals surface area contributed by atoms with Crippen LogP contribution in [0.3, 0.4) is 0 Å². The quantitative estimate of drug-likeness (QED) is 0.279. The topological polar surface area (TPSA) is 70.4 Å². The van der Waals surface area contributed by atoms with Gasteiger partial charge in [0.25, 0.3) is 0 Å². The summed E-state index contributed by atoms with van der Waals surface area (Å²) < 4.78 is 2.06. The van der Waals surface area contributed by atoms with Crippen molar-refractivity contribution in [3.63, 3.8) is 0 Å². The molecule has 31 heavy (non-hydrogen) atoms. The van der Waals surface area contributed by atoms with Crippen molar-refractivity contribution < 1.29 is 0 Å². The van der Waals surface area contributed by atoms with Crippen molar-refractivity contribution in [2.45, 2.75) is 25.6 Å². The molecule has 1 unspecified atom stereocenters. The third-order valence-corrected chi connectivity index (χ3v) is 5.46. The number of aliphatic imine (C=N–C) groups is 1. The summed E-state index contributed by atoms with van der Waals surface area (Å²) in [6, 6.07) is 12.6. The van der Waals surface area contributed by atoms with Crippen molar-refractivity contribution in [1.29, 1.82) is 0 Å². The highest BCUT2D eigenvalue weighted by Gasteiger charge is 2.25. The van der Waals surface area contributed by atoms with Gasteiger partial charge in [-0.25, -0.2) is 9.97 Å². The Hall–Kier alpha value is -2.33.